The lowest BCUT2D eigenvalue weighted by molar-refractivity contribution is 0.0938. The monoisotopic (exact) mass is 316 g/mol. The molecule has 3 N–H and O–H groups in total. The molecular formula is C15H22Cl2N2O. The molecule has 1 unspecified atom stereocenters. The molecule has 0 aliphatic heterocycles. The van der Waals surface area contributed by atoms with Gasteiger partial charge in [0.25, 0.3) is 5.91 Å². The minimum absolute atomic E-state index is 0.122. The van der Waals surface area contributed by atoms with Gasteiger partial charge in [-0.3, -0.25) is 4.79 Å². The molecular weight excluding hydrogens is 295 g/mol. The molecule has 5 heteroatoms. The van der Waals surface area contributed by atoms with Gasteiger partial charge in [0.1, 0.15) is 0 Å². The molecule has 0 saturated carbocycles. The summed E-state index contributed by atoms with van der Waals surface area (Å²) in [4.78, 5) is 12.1. The van der Waals surface area contributed by atoms with Crippen LogP contribution in [-0.2, 0) is 0 Å². The van der Waals surface area contributed by atoms with Gasteiger partial charge in [0.05, 0.1) is 15.7 Å². The molecule has 0 aliphatic carbocycles. The summed E-state index contributed by atoms with van der Waals surface area (Å²) in [6, 6.07) is 3.20. The van der Waals surface area contributed by atoms with Crippen LogP contribution in [0, 0.1) is 5.92 Å². The lowest BCUT2D eigenvalue weighted by Crippen LogP contribution is -2.32. The number of nitrogen functional groups attached to an aromatic ring is 1. The Labute approximate surface area is 130 Å². The Balaban J connectivity index is 2.58. The van der Waals surface area contributed by atoms with Gasteiger partial charge in [-0.15, -0.1) is 0 Å². The fraction of sp³-hybridized carbons (Fsp3) is 0.533. The van der Waals surface area contributed by atoms with Crippen LogP contribution in [0.2, 0.25) is 10.0 Å². The first-order valence-corrected chi connectivity index (χ1v) is 7.62. The number of carbonyl (C=O) groups is 1. The molecule has 0 spiro atoms. The summed E-state index contributed by atoms with van der Waals surface area (Å²) in [5.74, 6) is 0.512. The third kappa shape index (κ3) is 5.22. The van der Waals surface area contributed by atoms with Crippen LogP contribution in [0.15, 0.2) is 12.1 Å². The van der Waals surface area contributed by atoms with Gasteiger partial charge < -0.3 is 11.1 Å². The largest absolute Gasteiger partial charge is 0.396 e. The maximum atomic E-state index is 12.1. The summed E-state index contributed by atoms with van der Waals surface area (Å²) in [6.45, 7) is 6.39. The van der Waals surface area contributed by atoms with Gasteiger partial charge in [-0.05, 0) is 31.4 Å². The van der Waals surface area contributed by atoms with Gasteiger partial charge in [0, 0.05) is 11.6 Å². The Kier molecular flexibility index (Phi) is 6.63. The second-order valence-corrected chi connectivity index (χ2v) is 6.37. The molecule has 1 atom stereocenters. The Morgan fingerprint density at radius 3 is 2.25 bits per heavy atom. The highest BCUT2D eigenvalue weighted by atomic mass is 35.5. The predicted octanol–water partition coefficient (Wildman–Crippen LogP) is 4.52. The first-order chi connectivity index (χ1) is 9.31. The van der Waals surface area contributed by atoms with E-state index in [0.29, 0.717) is 27.2 Å². The number of amides is 1. The van der Waals surface area contributed by atoms with E-state index in [2.05, 4.69) is 19.2 Å². The highest BCUT2D eigenvalue weighted by Crippen LogP contribution is 2.28. The highest BCUT2D eigenvalue weighted by molar-refractivity contribution is 6.39. The van der Waals surface area contributed by atoms with Crippen LogP contribution in [-0.4, -0.2) is 11.9 Å². The van der Waals surface area contributed by atoms with E-state index < -0.39 is 0 Å². The lowest BCUT2D eigenvalue weighted by atomic mass is 10.0. The summed E-state index contributed by atoms with van der Waals surface area (Å²) in [7, 11) is 0. The van der Waals surface area contributed by atoms with E-state index in [1.54, 1.807) is 12.1 Å². The molecule has 3 nitrogen and oxygen atoms in total. The smallest absolute Gasteiger partial charge is 0.251 e. The van der Waals surface area contributed by atoms with Crippen LogP contribution in [0.1, 0.15) is 50.4 Å². The number of anilines is 1. The summed E-state index contributed by atoms with van der Waals surface area (Å²) in [5.41, 5.74) is 6.39. The number of hydrogen-bond acceptors (Lipinski definition) is 2. The zero-order valence-corrected chi connectivity index (χ0v) is 13.7. The van der Waals surface area contributed by atoms with Crippen molar-refractivity contribution in [3.8, 4) is 0 Å². The van der Waals surface area contributed by atoms with Crippen LogP contribution in [0.4, 0.5) is 5.69 Å². The molecule has 0 heterocycles. The molecule has 20 heavy (non-hydrogen) atoms. The van der Waals surface area contributed by atoms with E-state index >= 15 is 0 Å². The second kappa shape index (κ2) is 7.75. The Morgan fingerprint density at radius 1 is 1.20 bits per heavy atom. The average Bonchev–Trinajstić information content (AvgIpc) is 2.34. The molecule has 0 saturated heterocycles. The quantitative estimate of drug-likeness (QED) is 0.758. The van der Waals surface area contributed by atoms with Crippen molar-refractivity contribution in [1.82, 2.24) is 5.32 Å². The fourth-order valence-electron chi connectivity index (χ4n) is 1.93. The van der Waals surface area contributed by atoms with Crippen molar-refractivity contribution in [3.63, 3.8) is 0 Å². The predicted molar refractivity (Wildman–Crippen MR) is 86.5 cm³/mol. The van der Waals surface area contributed by atoms with E-state index in [1.807, 2.05) is 6.92 Å². The van der Waals surface area contributed by atoms with Crippen molar-refractivity contribution < 1.29 is 4.79 Å². The molecule has 0 fully saturated rings. The summed E-state index contributed by atoms with van der Waals surface area (Å²) < 4.78 is 0. The number of halogens is 2. The zero-order valence-electron chi connectivity index (χ0n) is 12.2. The molecule has 0 aliphatic rings. The van der Waals surface area contributed by atoms with E-state index in [0.717, 1.165) is 12.8 Å². The molecule has 1 rings (SSSR count). The standard InChI is InChI=1S/C15H22Cl2N2O/c1-9(2)5-4-6-10(3)19-15(20)11-7-12(16)14(18)13(17)8-11/h7-10H,4-6,18H2,1-3H3,(H,19,20). The van der Waals surface area contributed by atoms with Crippen LogP contribution in [0.25, 0.3) is 0 Å². The third-order valence-electron chi connectivity index (χ3n) is 3.14. The summed E-state index contributed by atoms with van der Waals surface area (Å²) in [5, 5.41) is 3.55. The van der Waals surface area contributed by atoms with E-state index in [1.165, 1.54) is 6.42 Å². The number of nitrogens with two attached hydrogens (primary N) is 1. The van der Waals surface area contributed by atoms with Crippen molar-refractivity contribution >= 4 is 34.8 Å². The number of nitrogens with one attached hydrogen (secondary N) is 1. The average molecular weight is 317 g/mol. The minimum Gasteiger partial charge on any atom is -0.396 e. The van der Waals surface area contributed by atoms with Gasteiger partial charge in [-0.25, -0.2) is 0 Å². The van der Waals surface area contributed by atoms with Crippen LogP contribution < -0.4 is 11.1 Å². The molecule has 0 aromatic heterocycles. The third-order valence-corrected chi connectivity index (χ3v) is 3.76. The fourth-order valence-corrected chi connectivity index (χ4v) is 2.41. The van der Waals surface area contributed by atoms with Crippen LogP contribution >= 0.6 is 23.2 Å². The van der Waals surface area contributed by atoms with Crippen molar-refractivity contribution in [2.75, 3.05) is 5.73 Å². The molecule has 0 radical (unpaired) electrons. The van der Waals surface area contributed by atoms with E-state index in [4.69, 9.17) is 28.9 Å². The maximum Gasteiger partial charge on any atom is 0.251 e. The normalized spacial score (nSPS) is 12.5. The highest BCUT2D eigenvalue weighted by Gasteiger charge is 2.13. The molecule has 1 amide bonds. The first-order valence-electron chi connectivity index (χ1n) is 6.86. The molecule has 1 aromatic rings. The maximum absolute atomic E-state index is 12.1. The van der Waals surface area contributed by atoms with Crippen LogP contribution in [0.3, 0.4) is 0 Å². The van der Waals surface area contributed by atoms with Gasteiger partial charge >= 0.3 is 0 Å². The summed E-state index contributed by atoms with van der Waals surface area (Å²) in [6.07, 6.45) is 3.22. The molecule has 112 valence electrons. The number of benzene rings is 1. The van der Waals surface area contributed by atoms with Crippen molar-refractivity contribution in [2.45, 2.75) is 46.1 Å². The van der Waals surface area contributed by atoms with Gasteiger partial charge in [-0.2, -0.15) is 0 Å². The van der Waals surface area contributed by atoms with Gasteiger partial charge in [-0.1, -0.05) is 49.9 Å². The Hall–Kier alpha value is -0.930. The van der Waals surface area contributed by atoms with Crippen molar-refractivity contribution in [3.05, 3.63) is 27.7 Å². The first kappa shape index (κ1) is 17.1. The topological polar surface area (TPSA) is 55.1 Å². The van der Waals surface area contributed by atoms with Gasteiger partial charge in [0.15, 0.2) is 0 Å². The van der Waals surface area contributed by atoms with E-state index in [9.17, 15) is 4.79 Å². The molecule has 1 aromatic carbocycles. The van der Waals surface area contributed by atoms with Gasteiger partial charge in [0.2, 0.25) is 0 Å². The minimum atomic E-state index is -0.175. The zero-order chi connectivity index (χ0) is 15.3. The van der Waals surface area contributed by atoms with Crippen LogP contribution in [0.5, 0.6) is 0 Å². The Bertz CT molecular complexity index is 452. The number of hydrogen-bond donors (Lipinski definition) is 2. The molecule has 0 bridgehead atoms. The Morgan fingerprint density at radius 2 is 1.75 bits per heavy atom. The van der Waals surface area contributed by atoms with Crippen molar-refractivity contribution in [1.29, 1.82) is 0 Å². The number of rotatable bonds is 6. The van der Waals surface area contributed by atoms with Crippen molar-refractivity contribution in [2.24, 2.45) is 5.92 Å². The van der Waals surface area contributed by atoms with E-state index in [-0.39, 0.29) is 11.9 Å². The summed E-state index contributed by atoms with van der Waals surface area (Å²) >= 11 is 11.9. The number of carbonyl (C=O) groups excluding carboxylic acids is 1. The SMILES string of the molecule is CC(C)CCCC(C)NC(=O)c1cc(Cl)c(N)c(Cl)c1. The second-order valence-electron chi connectivity index (χ2n) is 5.55. The lowest BCUT2D eigenvalue weighted by Gasteiger charge is -2.15.